The van der Waals surface area contributed by atoms with Gasteiger partial charge in [0.05, 0.1) is 39.0 Å². The number of rotatable bonds is 9. The van der Waals surface area contributed by atoms with Gasteiger partial charge in [-0.3, -0.25) is 4.79 Å². The van der Waals surface area contributed by atoms with E-state index < -0.39 is 30.1 Å². The van der Waals surface area contributed by atoms with Gasteiger partial charge in [0.1, 0.15) is 6.10 Å². The number of ether oxygens (including phenoxy) is 2. The molecule has 2 fully saturated rings. The molecule has 2 aromatic rings. The highest BCUT2D eigenvalue weighted by Crippen LogP contribution is 2.47. The molecule has 2 aliphatic rings. The van der Waals surface area contributed by atoms with Crippen LogP contribution in [-0.4, -0.2) is 84.3 Å². The first-order chi connectivity index (χ1) is 18.6. The Labute approximate surface area is 229 Å². The van der Waals surface area contributed by atoms with E-state index in [1.807, 2.05) is 44.2 Å². The fourth-order valence-electron chi connectivity index (χ4n) is 5.49. The lowest BCUT2D eigenvalue weighted by Gasteiger charge is -2.41. The molecular weight excluding hydrogens is 498 g/mol. The number of aliphatic hydroxyl groups is 3. The third-order valence-electron chi connectivity index (χ3n) is 8.05. The van der Waals surface area contributed by atoms with E-state index in [0.717, 1.165) is 22.4 Å². The standard InChI is InChI=1S/C30H37N3O6/c1-19-7-9-25(22(12-19)6-5-11-31)32-14-23(15-32)39-28-13-21(8-10-27(28)38-4)24-16-33(29(37)26(36)17-34)18-30(24,3)20(2)35/h5-10,12-13,20,23-24,26,34-36H,14-18H2,1-4H3/t20?,24-,26?,30-/m0/s1. The second kappa shape index (κ2) is 11.7. The summed E-state index contributed by atoms with van der Waals surface area (Å²) in [6, 6.07) is 13.9. The first-order valence-corrected chi connectivity index (χ1v) is 13.1. The zero-order chi connectivity index (χ0) is 28.3. The van der Waals surface area contributed by atoms with Crippen molar-refractivity contribution in [2.24, 2.45) is 5.41 Å². The van der Waals surface area contributed by atoms with Crippen LogP contribution in [0.25, 0.3) is 6.08 Å². The van der Waals surface area contributed by atoms with E-state index in [4.69, 9.17) is 14.7 Å². The molecule has 9 heteroatoms. The van der Waals surface area contributed by atoms with Crippen LogP contribution in [0.15, 0.2) is 42.5 Å². The van der Waals surface area contributed by atoms with Crippen LogP contribution in [0.4, 0.5) is 5.69 Å². The Morgan fingerprint density at radius 3 is 2.59 bits per heavy atom. The number of nitrogens with zero attached hydrogens (tertiary/aromatic N) is 3. The van der Waals surface area contributed by atoms with E-state index in [-0.39, 0.29) is 18.6 Å². The van der Waals surface area contributed by atoms with Gasteiger partial charge in [0.25, 0.3) is 5.91 Å². The Morgan fingerprint density at radius 1 is 1.21 bits per heavy atom. The minimum Gasteiger partial charge on any atom is -0.493 e. The van der Waals surface area contributed by atoms with Gasteiger partial charge < -0.3 is 34.6 Å². The Bertz CT molecular complexity index is 1270. The fraction of sp³-hybridized carbons (Fsp3) is 0.467. The van der Waals surface area contributed by atoms with E-state index >= 15 is 0 Å². The number of anilines is 1. The van der Waals surface area contributed by atoms with Crippen LogP contribution in [0.3, 0.4) is 0 Å². The summed E-state index contributed by atoms with van der Waals surface area (Å²) in [5.74, 6) is 0.402. The maximum atomic E-state index is 12.6. The molecule has 4 atom stereocenters. The Hall–Kier alpha value is -3.58. The molecule has 2 heterocycles. The van der Waals surface area contributed by atoms with Crippen LogP contribution in [0, 0.1) is 23.7 Å². The minimum absolute atomic E-state index is 0.0762. The first kappa shape index (κ1) is 28.4. The van der Waals surface area contributed by atoms with Crippen LogP contribution in [0.2, 0.25) is 0 Å². The molecule has 2 aliphatic heterocycles. The molecule has 2 saturated heterocycles. The molecule has 0 radical (unpaired) electrons. The third kappa shape index (κ3) is 5.74. The summed E-state index contributed by atoms with van der Waals surface area (Å²) in [5, 5.41) is 38.8. The summed E-state index contributed by atoms with van der Waals surface area (Å²) >= 11 is 0. The van der Waals surface area contributed by atoms with Crippen molar-refractivity contribution in [3.63, 3.8) is 0 Å². The predicted molar refractivity (Wildman–Crippen MR) is 148 cm³/mol. The van der Waals surface area contributed by atoms with Gasteiger partial charge in [0.15, 0.2) is 17.6 Å². The number of methoxy groups -OCH3 is 1. The summed E-state index contributed by atoms with van der Waals surface area (Å²) in [7, 11) is 1.58. The molecule has 9 nitrogen and oxygen atoms in total. The lowest BCUT2D eigenvalue weighted by molar-refractivity contribution is -0.141. The fourth-order valence-corrected chi connectivity index (χ4v) is 5.49. The Kier molecular flexibility index (Phi) is 8.50. The number of nitriles is 1. The normalized spacial score (nSPS) is 22.9. The lowest BCUT2D eigenvalue weighted by atomic mass is 9.72. The van der Waals surface area contributed by atoms with E-state index in [1.54, 1.807) is 14.0 Å². The van der Waals surface area contributed by atoms with Gasteiger partial charge >= 0.3 is 0 Å². The van der Waals surface area contributed by atoms with Crippen LogP contribution in [-0.2, 0) is 4.79 Å². The van der Waals surface area contributed by atoms with Crippen LogP contribution in [0.5, 0.6) is 11.5 Å². The molecular formula is C30H37N3O6. The van der Waals surface area contributed by atoms with Gasteiger partial charge in [-0.15, -0.1) is 0 Å². The SMILES string of the molecule is COc1ccc([C@@H]2CN(C(=O)C(O)CO)C[C@@]2(C)C(C)O)cc1OC1CN(c2ccc(C)cc2C=CC#N)C1. The van der Waals surface area contributed by atoms with E-state index in [2.05, 4.69) is 23.1 Å². The molecule has 0 aromatic heterocycles. The molecule has 39 heavy (non-hydrogen) atoms. The summed E-state index contributed by atoms with van der Waals surface area (Å²) in [6.07, 6.45) is 1.01. The monoisotopic (exact) mass is 535 g/mol. The van der Waals surface area contributed by atoms with Gasteiger partial charge in [-0.25, -0.2) is 0 Å². The average Bonchev–Trinajstić information content (AvgIpc) is 3.27. The highest BCUT2D eigenvalue weighted by molar-refractivity contribution is 5.81. The molecule has 208 valence electrons. The maximum Gasteiger partial charge on any atom is 0.253 e. The molecule has 0 spiro atoms. The predicted octanol–water partition coefficient (Wildman–Crippen LogP) is 2.47. The van der Waals surface area contributed by atoms with E-state index in [1.165, 1.54) is 11.0 Å². The number of hydrogen-bond donors (Lipinski definition) is 3. The zero-order valence-electron chi connectivity index (χ0n) is 22.9. The summed E-state index contributed by atoms with van der Waals surface area (Å²) < 4.78 is 11.9. The Morgan fingerprint density at radius 2 is 1.95 bits per heavy atom. The van der Waals surface area contributed by atoms with Crippen molar-refractivity contribution in [2.45, 2.75) is 45.0 Å². The van der Waals surface area contributed by atoms with Crippen molar-refractivity contribution in [3.8, 4) is 17.6 Å². The van der Waals surface area contributed by atoms with Gasteiger partial charge in [0.2, 0.25) is 0 Å². The van der Waals surface area contributed by atoms with Crippen LogP contribution in [0.1, 0.15) is 36.5 Å². The number of carbonyl (C=O) groups excluding carboxylic acids is 1. The molecule has 1 amide bonds. The highest BCUT2D eigenvalue weighted by atomic mass is 16.5. The number of allylic oxidation sites excluding steroid dienone is 1. The second-order valence-corrected chi connectivity index (χ2v) is 10.7. The average molecular weight is 536 g/mol. The van der Waals surface area contributed by atoms with Crippen molar-refractivity contribution in [1.29, 1.82) is 5.26 Å². The number of hydrogen-bond acceptors (Lipinski definition) is 8. The van der Waals surface area contributed by atoms with Crippen molar-refractivity contribution in [3.05, 3.63) is 59.2 Å². The molecule has 0 bridgehead atoms. The maximum absolute atomic E-state index is 12.6. The summed E-state index contributed by atoms with van der Waals surface area (Å²) in [6.45, 7) is 6.89. The van der Waals surface area contributed by atoms with Gasteiger partial charge in [0, 0.05) is 36.2 Å². The van der Waals surface area contributed by atoms with Crippen molar-refractivity contribution >= 4 is 17.7 Å². The molecule has 0 saturated carbocycles. The number of benzene rings is 2. The van der Waals surface area contributed by atoms with E-state index in [9.17, 15) is 20.1 Å². The van der Waals surface area contributed by atoms with E-state index in [0.29, 0.717) is 31.1 Å². The molecule has 2 unspecified atom stereocenters. The van der Waals surface area contributed by atoms with Gasteiger partial charge in [-0.2, -0.15) is 5.26 Å². The Balaban J connectivity index is 1.53. The largest absolute Gasteiger partial charge is 0.493 e. The molecule has 3 N–H and O–H groups in total. The number of aliphatic hydroxyl groups excluding tert-OH is 3. The number of likely N-dealkylation sites (tertiary alicyclic amines) is 1. The third-order valence-corrected chi connectivity index (χ3v) is 8.05. The van der Waals surface area contributed by atoms with Gasteiger partial charge in [-0.1, -0.05) is 24.6 Å². The van der Waals surface area contributed by atoms with Crippen molar-refractivity contribution in [1.82, 2.24) is 4.90 Å². The molecule has 0 aliphatic carbocycles. The topological polar surface area (TPSA) is 126 Å². The quantitative estimate of drug-likeness (QED) is 0.418. The number of amides is 1. The summed E-state index contributed by atoms with van der Waals surface area (Å²) in [4.78, 5) is 16.3. The minimum atomic E-state index is -1.48. The van der Waals surface area contributed by atoms with Crippen LogP contribution < -0.4 is 14.4 Å². The lowest BCUT2D eigenvalue weighted by Crippen LogP contribution is -2.54. The highest BCUT2D eigenvalue weighted by Gasteiger charge is 2.49. The molecule has 2 aromatic carbocycles. The number of aryl methyl sites for hydroxylation is 1. The number of carbonyl (C=O) groups is 1. The smallest absolute Gasteiger partial charge is 0.253 e. The summed E-state index contributed by atoms with van der Waals surface area (Å²) in [5.41, 5.74) is 3.37. The zero-order valence-corrected chi connectivity index (χ0v) is 22.9. The second-order valence-electron chi connectivity index (χ2n) is 10.7. The molecule has 4 rings (SSSR count). The van der Waals surface area contributed by atoms with Crippen molar-refractivity contribution in [2.75, 3.05) is 44.8 Å². The van der Waals surface area contributed by atoms with Gasteiger partial charge in [-0.05, 0) is 55.3 Å². The van der Waals surface area contributed by atoms with Crippen LogP contribution >= 0.6 is 0 Å². The first-order valence-electron chi connectivity index (χ1n) is 13.1. The van der Waals surface area contributed by atoms with Crippen molar-refractivity contribution < 1.29 is 29.6 Å².